The summed E-state index contributed by atoms with van der Waals surface area (Å²) in [7, 11) is 0. The molecule has 2 aromatic rings. The van der Waals surface area contributed by atoms with Crippen LogP contribution in [0, 0.1) is 0 Å². The molecule has 0 bridgehead atoms. The van der Waals surface area contributed by atoms with Crippen molar-refractivity contribution in [3.8, 4) is 5.69 Å². The van der Waals surface area contributed by atoms with Crippen molar-refractivity contribution in [2.24, 2.45) is 0 Å². The molecule has 0 atom stereocenters. The Labute approximate surface area is 126 Å². The smallest absolute Gasteiger partial charge is 0.106 e. The molecule has 2 rings (SSSR count). The summed E-state index contributed by atoms with van der Waals surface area (Å²) in [6.07, 6.45) is 10.1. The van der Waals surface area contributed by atoms with Crippen molar-refractivity contribution in [1.29, 1.82) is 0 Å². The van der Waals surface area contributed by atoms with Crippen LogP contribution in [0.1, 0.15) is 39.0 Å². The van der Waals surface area contributed by atoms with Crippen LogP contribution in [0.4, 0.5) is 5.69 Å². The predicted molar refractivity (Wildman–Crippen MR) is 85.8 cm³/mol. The van der Waals surface area contributed by atoms with E-state index < -0.39 is 0 Å². The lowest BCUT2D eigenvalue weighted by atomic mass is 10.1. The van der Waals surface area contributed by atoms with Crippen molar-refractivity contribution in [2.45, 2.75) is 39.0 Å². The Balaban J connectivity index is 1.96. The molecule has 0 aliphatic heterocycles. The van der Waals surface area contributed by atoms with Gasteiger partial charge in [0.15, 0.2) is 0 Å². The highest BCUT2D eigenvalue weighted by molar-refractivity contribution is 6.33. The van der Waals surface area contributed by atoms with Crippen LogP contribution in [0.25, 0.3) is 5.69 Å². The normalized spacial score (nSPS) is 10.7. The van der Waals surface area contributed by atoms with Gasteiger partial charge >= 0.3 is 0 Å². The van der Waals surface area contributed by atoms with Crippen LogP contribution in [0.5, 0.6) is 0 Å². The molecule has 3 nitrogen and oxygen atoms in total. The maximum absolute atomic E-state index is 6.30. The predicted octanol–water partition coefficient (Wildman–Crippen LogP) is 4.91. The van der Waals surface area contributed by atoms with E-state index >= 15 is 0 Å². The zero-order chi connectivity index (χ0) is 14.2. The van der Waals surface area contributed by atoms with Gasteiger partial charge in [-0.2, -0.15) is 5.10 Å². The molecule has 0 unspecified atom stereocenters. The molecule has 0 fully saturated rings. The van der Waals surface area contributed by atoms with Gasteiger partial charge in [-0.3, -0.25) is 0 Å². The van der Waals surface area contributed by atoms with Crippen LogP contribution in [-0.2, 0) is 0 Å². The number of unbranched alkanes of at least 4 members (excludes halogenated alkanes) is 4. The first kappa shape index (κ1) is 14.9. The topological polar surface area (TPSA) is 29.9 Å². The van der Waals surface area contributed by atoms with E-state index in [1.807, 2.05) is 29.1 Å². The van der Waals surface area contributed by atoms with E-state index in [9.17, 15) is 0 Å². The SMILES string of the molecule is CCCCCCCNc1cccc(Cl)c1-n1cccn1. The fourth-order valence-corrected chi connectivity index (χ4v) is 2.50. The molecule has 1 heterocycles. The number of nitrogens with zero attached hydrogens (tertiary/aromatic N) is 2. The van der Waals surface area contributed by atoms with Crippen molar-refractivity contribution in [1.82, 2.24) is 9.78 Å². The Morgan fingerprint density at radius 3 is 2.75 bits per heavy atom. The molecule has 0 amide bonds. The zero-order valence-electron chi connectivity index (χ0n) is 12.0. The minimum atomic E-state index is 0.713. The van der Waals surface area contributed by atoms with Gasteiger partial charge in [-0.15, -0.1) is 0 Å². The second kappa shape index (κ2) is 7.95. The molecule has 108 valence electrons. The average Bonchev–Trinajstić information content (AvgIpc) is 2.96. The van der Waals surface area contributed by atoms with Crippen molar-refractivity contribution < 1.29 is 0 Å². The van der Waals surface area contributed by atoms with Gasteiger partial charge in [-0.25, -0.2) is 4.68 Å². The van der Waals surface area contributed by atoms with Crippen LogP contribution in [0.3, 0.4) is 0 Å². The van der Waals surface area contributed by atoms with Gasteiger partial charge < -0.3 is 5.32 Å². The molecule has 0 radical (unpaired) electrons. The summed E-state index contributed by atoms with van der Waals surface area (Å²) in [5.41, 5.74) is 1.96. The summed E-state index contributed by atoms with van der Waals surface area (Å²) in [4.78, 5) is 0. The van der Waals surface area contributed by atoms with Crippen LogP contribution in [0.15, 0.2) is 36.7 Å². The summed E-state index contributed by atoms with van der Waals surface area (Å²) >= 11 is 6.30. The summed E-state index contributed by atoms with van der Waals surface area (Å²) < 4.78 is 1.81. The fourth-order valence-electron chi connectivity index (χ4n) is 2.24. The summed E-state index contributed by atoms with van der Waals surface area (Å²) in [5.74, 6) is 0. The monoisotopic (exact) mass is 291 g/mol. The highest BCUT2D eigenvalue weighted by Gasteiger charge is 2.08. The fraction of sp³-hybridized carbons (Fsp3) is 0.438. The number of hydrogen-bond acceptors (Lipinski definition) is 2. The van der Waals surface area contributed by atoms with E-state index in [-0.39, 0.29) is 0 Å². The van der Waals surface area contributed by atoms with Crippen LogP contribution in [0.2, 0.25) is 5.02 Å². The number of aromatic nitrogens is 2. The van der Waals surface area contributed by atoms with Gasteiger partial charge in [0.2, 0.25) is 0 Å². The Morgan fingerprint density at radius 2 is 2.00 bits per heavy atom. The van der Waals surface area contributed by atoms with E-state index in [2.05, 4.69) is 23.4 Å². The molecular weight excluding hydrogens is 270 g/mol. The molecular formula is C16H22ClN3. The lowest BCUT2D eigenvalue weighted by molar-refractivity contribution is 0.645. The first-order valence-corrected chi connectivity index (χ1v) is 7.73. The highest BCUT2D eigenvalue weighted by Crippen LogP contribution is 2.27. The maximum Gasteiger partial charge on any atom is 0.106 e. The van der Waals surface area contributed by atoms with Crippen LogP contribution >= 0.6 is 11.6 Å². The Hall–Kier alpha value is -1.48. The number of rotatable bonds is 8. The van der Waals surface area contributed by atoms with E-state index in [4.69, 9.17) is 11.6 Å². The molecule has 1 aromatic carbocycles. The number of nitrogens with one attached hydrogen (secondary N) is 1. The number of benzene rings is 1. The first-order valence-electron chi connectivity index (χ1n) is 7.35. The number of para-hydroxylation sites is 1. The molecule has 1 N–H and O–H groups in total. The van der Waals surface area contributed by atoms with Gasteiger partial charge in [-0.1, -0.05) is 50.3 Å². The third-order valence-corrected chi connectivity index (χ3v) is 3.62. The Kier molecular flexibility index (Phi) is 5.93. The van der Waals surface area contributed by atoms with Gasteiger partial charge in [0.25, 0.3) is 0 Å². The second-order valence-corrected chi connectivity index (χ2v) is 5.33. The quantitative estimate of drug-likeness (QED) is 0.701. The molecule has 0 aliphatic carbocycles. The minimum Gasteiger partial charge on any atom is -0.383 e. The van der Waals surface area contributed by atoms with Crippen LogP contribution in [-0.4, -0.2) is 16.3 Å². The van der Waals surface area contributed by atoms with Crippen molar-refractivity contribution in [3.05, 3.63) is 41.7 Å². The van der Waals surface area contributed by atoms with Gasteiger partial charge in [0.1, 0.15) is 5.69 Å². The zero-order valence-corrected chi connectivity index (χ0v) is 12.7. The Bertz CT molecular complexity index is 508. The van der Waals surface area contributed by atoms with Crippen molar-refractivity contribution in [2.75, 3.05) is 11.9 Å². The van der Waals surface area contributed by atoms with E-state index in [1.54, 1.807) is 6.20 Å². The van der Waals surface area contributed by atoms with E-state index in [1.165, 1.54) is 32.1 Å². The van der Waals surface area contributed by atoms with Gasteiger partial charge in [0, 0.05) is 18.9 Å². The molecule has 0 aliphatic rings. The molecule has 0 saturated carbocycles. The average molecular weight is 292 g/mol. The summed E-state index contributed by atoms with van der Waals surface area (Å²) in [5, 5.41) is 8.46. The third kappa shape index (κ3) is 4.01. The first-order chi connectivity index (χ1) is 9.83. The molecule has 20 heavy (non-hydrogen) atoms. The number of halogens is 1. The number of anilines is 1. The van der Waals surface area contributed by atoms with Gasteiger partial charge in [0.05, 0.1) is 10.7 Å². The Morgan fingerprint density at radius 1 is 1.15 bits per heavy atom. The molecule has 1 aromatic heterocycles. The lowest BCUT2D eigenvalue weighted by Crippen LogP contribution is -2.06. The van der Waals surface area contributed by atoms with E-state index in [0.29, 0.717) is 5.02 Å². The third-order valence-electron chi connectivity index (χ3n) is 3.32. The molecule has 0 saturated heterocycles. The van der Waals surface area contributed by atoms with Crippen molar-refractivity contribution in [3.63, 3.8) is 0 Å². The van der Waals surface area contributed by atoms with Gasteiger partial charge in [-0.05, 0) is 24.6 Å². The number of hydrogen-bond donors (Lipinski definition) is 1. The lowest BCUT2D eigenvalue weighted by Gasteiger charge is -2.13. The molecule has 0 spiro atoms. The minimum absolute atomic E-state index is 0.713. The summed E-state index contributed by atoms with van der Waals surface area (Å²) in [6, 6.07) is 7.81. The van der Waals surface area contributed by atoms with Crippen LogP contribution < -0.4 is 5.32 Å². The summed E-state index contributed by atoms with van der Waals surface area (Å²) in [6.45, 7) is 3.21. The maximum atomic E-state index is 6.30. The molecule has 4 heteroatoms. The second-order valence-electron chi connectivity index (χ2n) is 4.93. The highest BCUT2D eigenvalue weighted by atomic mass is 35.5. The largest absolute Gasteiger partial charge is 0.383 e. The van der Waals surface area contributed by atoms with E-state index in [0.717, 1.165) is 17.9 Å². The standard InChI is InChI=1S/C16H22ClN3/c1-2-3-4-5-6-11-18-15-10-7-9-14(17)16(15)20-13-8-12-19-20/h7-10,12-13,18H,2-6,11H2,1H3. The van der Waals surface area contributed by atoms with Crippen molar-refractivity contribution >= 4 is 17.3 Å².